The van der Waals surface area contributed by atoms with Crippen LogP contribution in [-0.4, -0.2) is 23.1 Å². The highest BCUT2D eigenvalue weighted by molar-refractivity contribution is 6.17. The summed E-state index contributed by atoms with van der Waals surface area (Å²) in [6.07, 6.45) is 7.13. The van der Waals surface area contributed by atoms with Crippen LogP contribution in [0.2, 0.25) is 0 Å². The Morgan fingerprint density at radius 2 is 2.15 bits per heavy atom. The molecule has 2 heterocycles. The molecule has 1 aliphatic heterocycles. The molecule has 1 aliphatic rings. The molecule has 1 aromatic rings. The molecule has 112 valence electrons. The average Bonchev–Trinajstić information content (AvgIpc) is 2.71. The lowest BCUT2D eigenvalue weighted by Crippen LogP contribution is -2.26. The molecule has 2 rings (SSSR count). The zero-order valence-electron chi connectivity index (χ0n) is 12.9. The van der Waals surface area contributed by atoms with Gasteiger partial charge >= 0.3 is 0 Å². The van der Waals surface area contributed by atoms with Gasteiger partial charge in [0.05, 0.1) is 23.5 Å². The lowest BCUT2D eigenvalue weighted by molar-refractivity contribution is 0.459. The summed E-state index contributed by atoms with van der Waals surface area (Å²) in [5.41, 5.74) is 2.13. The van der Waals surface area contributed by atoms with Crippen LogP contribution in [-0.2, 0) is 5.88 Å². The van der Waals surface area contributed by atoms with E-state index in [-0.39, 0.29) is 0 Å². The third-order valence-electron chi connectivity index (χ3n) is 4.27. The third-order valence-corrected chi connectivity index (χ3v) is 4.53. The van der Waals surface area contributed by atoms with Crippen LogP contribution in [0.3, 0.4) is 0 Å². The Bertz CT molecular complexity index is 434. The Kier molecular flexibility index (Phi) is 5.64. The van der Waals surface area contributed by atoms with Crippen LogP contribution in [0, 0.1) is 5.92 Å². The Morgan fingerprint density at radius 1 is 1.35 bits per heavy atom. The molecule has 1 atom stereocenters. The third kappa shape index (κ3) is 3.63. The SMILES string of the molecule is CCC1CCCN(c2cnc(C(C)C)nc2CCl)CC1. The van der Waals surface area contributed by atoms with E-state index < -0.39 is 0 Å². The van der Waals surface area contributed by atoms with E-state index in [1.54, 1.807) is 0 Å². The minimum atomic E-state index is 0.347. The van der Waals surface area contributed by atoms with Crippen LogP contribution in [0.4, 0.5) is 5.69 Å². The van der Waals surface area contributed by atoms with Crippen molar-refractivity contribution in [1.82, 2.24) is 9.97 Å². The second-order valence-corrected chi connectivity index (χ2v) is 6.31. The number of alkyl halides is 1. The summed E-state index contributed by atoms with van der Waals surface area (Å²) in [7, 11) is 0. The van der Waals surface area contributed by atoms with Gasteiger partial charge in [-0.1, -0.05) is 27.2 Å². The van der Waals surface area contributed by atoms with Crippen LogP contribution in [0.1, 0.15) is 63.9 Å². The van der Waals surface area contributed by atoms with Gasteiger partial charge in [0.1, 0.15) is 5.82 Å². The van der Waals surface area contributed by atoms with E-state index in [9.17, 15) is 0 Å². The first-order chi connectivity index (χ1) is 9.65. The fraction of sp³-hybridized carbons (Fsp3) is 0.750. The van der Waals surface area contributed by atoms with Gasteiger partial charge in [0.15, 0.2) is 0 Å². The highest BCUT2D eigenvalue weighted by Crippen LogP contribution is 2.27. The molecule has 0 bridgehead atoms. The maximum Gasteiger partial charge on any atom is 0.131 e. The van der Waals surface area contributed by atoms with E-state index in [1.807, 2.05) is 6.20 Å². The van der Waals surface area contributed by atoms with Crippen molar-refractivity contribution in [3.63, 3.8) is 0 Å². The van der Waals surface area contributed by atoms with Crippen LogP contribution < -0.4 is 4.90 Å². The van der Waals surface area contributed by atoms with Crippen molar-refractivity contribution >= 4 is 17.3 Å². The number of rotatable bonds is 4. The second kappa shape index (κ2) is 7.26. The van der Waals surface area contributed by atoms with Crippen molar-refractivity contribution in [2.45, 2.75) is 58.3 Å². The molecule has 0 N–H and O–H groups in total. The molecule has 1 fully saturated rings. The first-order valence-corrected chi connectivity index (χ1v) is 8.35. The molecule has 0 saturated carbocycles. The molecular formula is C16H26ClN3. The summed E-state index contributed by atoms with van der Waals surface area (Å²) in [6, 6.07) is 0. The zero-order valence-corrected chi connectivity index (χ0v) is 13.7. The van der Waals surface area contributed by atoms with Crippen molar-refractivity contribution in [2.75, 3.05) is 18.0 Å². The summed E-state index contributed by atoms with van der Waals surface area (Å²) in [4.78, 5) is 11.6. The van der Waals surface area contributed by atoms with Crippen LogP contribution in [0.5, 0.6) is 0 Å². The summed E-state index contributed by atoms with van der Waals surface area (Å²) >= 11 is 6.11. The van der Waals surface area contributed by atoms with Crippen LogP contribution in [0.25, 0.3) is 0 Å². The highest BCUT2D eigenvalue weighted by atomic mass is 35.5. The largest absolute Gasteiger partial charge is 0.369 e. The van der Waals surface area contributed by atoms with E-state index in [4.69, 9.17) is 11.6 Å². The molecule has 0 aromatic carbocycles. The summed E-state index contributed by atoms with van der Waals surface area (Å²) in [5, 5.41) is 0. The van der Waals surface area contributed by atoms with Crippen molar-refractivity contribution in [1.29, 1.82) is 0 Å². The minimum Gasteiger partial charge on any atom is -0.369 e. The molecule has 0 spiro atoms. The van der Waals surface area contributed by atoms with Gasteiger partial charge < -0.3 is 4.90 Å². The van der Waals surface area contributed by atoms with Gasteiger partial charge in [-0.3, -0.25) is 0 Å². The second-order valence-electron chi connectivity index (χ2n) is 6.04. The maximum absolute atomic E-state index is 6.11. The Morgan fingerprint density at radius 3 is 2.80 bits per heavy atom. The van der Waals surface area contributed by atoms with Gasteiger partial charge in [-0.05, 0) is 25.2 Å². The normalized spacial score (nSPS) is 20.2. The number of aromatic nitrogens is 2. The molecule has 4 heteroatoms. The van der Waals surface area contributed by atoms with E-state index >= 15 is 0 Å². The van der Waals surface area contributed by atoms with Gasteiger partial charge in [-0.2, -0.15) is 0 Å². The predicted molar refractivity (Wildman–Crippen MR) is 85.5 cm³/mol. The Balaban J connectivity index is 2.19. The number of hydrogen-bond acceptors (Lipinski definition) is 3. The molecule has 0 amide bonds. The minimum absolute atomic E-state index is 0.347. The molecule has 1 aromatic heterocycles. The van der Waals surface area contributed by atoms with Gasteiger partial charge in [0, 0.05) is 19.0 Å². The van der Waals surface area contributed by atoms with Crippen LogP contribution in [0.15, 0.2) is 6.20 Å². The van der Waals surface area contributed by atoms with Gasteiger partial charge in [0.2, 0.25) is 0 Å². The summed E-state index contributed by atoms with van der Waals surface area (Å²) in [5.74, 6) is 2.58. The Hall–Kier alpha value is -0.830. The van der Waals surface area contributed by atoms with Gasteiger partial charge in [-0.15, -0.1) is 11.6 Å². The van der Waals surface area contributed by atoms with Crippen LogP contribution >= 0.6 is 11.6 Å². The Labute approximate surface area is 127 Å². The first kappa shape index (κ1) is 15.6. The molecular weight excluding hydrogens is 270 g/mol. The molecule has 3 nitrogen and oxygen atoms in total. The molecule has 20 heavy (non-hydrogen) atoms. The zero-order chi connectivity index (χ0) is 14.5. The maximum atomic E-state index is 6.11. The number of nitrogens with zero attached hydrogens (tertiary/aromatic N) is 3. The van der Waals surface area contributed by atoms with E-state index in [2.05, 4.69) is 35.6 Å². The number of halogens is 1. The lowest BCUT2D eigenvalue weighted by Gasteiger charge is -2.24. The van der Waals surface area contributed by atoms with Gasteiger partial charge in [0.25, 0.3) is 0 Å². The van der Waals surface area contributed by atoms with Crippen molar-refractivity contribution in [3.05, 3.63) is 17.7 Å². The van der Waals surface area contributed by atoms with Crippen molar-refractivity contribution in [2.24, 2.45) is 5.92 Å². The first-order valence-electron chi connectivity index (χ1n) is 7.82. The number of anilines is 1. The topological polar surface area (TPSA) is 29.0 Å². The summed E-state index contributed by atoms with van der Waals surface area (Å²) < 4.78 is 0. The molecule has 1 saturated heterocycles. The molecule has 0 radical (unpaired) electrons. The van der Waals surface area contributed by atoms with E-state index in [0.717, 1.165) is 36.2 Å². The monoisotopic (exact) mass is 295 g/mol. The van der Waals surface area contributed by atoms with Gasteiger partial charge in [-0.25, -0.2) is 9.97 Å². The smallest absolute Gasteiger partial charge is 0.131 e. The fourth-order valence-electron chi connectivity index (χ4n) is 2.88. The van der Waals surface area contributed by atoms with Crippen molar-refractivity contribution < 1.29 is 0 Å². The standard InChI is InChI=1S/C16H26ClN3/c1-4-13-6-5-8-20(9-7-13)15-11-18-16(12(2)3)19-14(15)10-17/h11-13H,4-10H2,1-3H3. The quantitative estimate of drug-likeness (QED) is 0.773. The van der Waals surface area contributed by atoms with E-state index in [1.165, 1.54) is 25.7 Å². The summed E-state index contributed by atoms with van der Waals surface area (Å²) in [6.45, 7) is 8.73. The van der Waals surface area contributed by atoms with E-state index in [0.29, 0.717) is 11.8 Å². The average molecular weight is 296 g/mol. The molecule has 0 aliphatic carbocycles. The fourth-order valence-corrected chi connectivity index (χ4v) is 3.08. The highest BCUT2D eigenvalue weighted by Gasteiger charge is 2.19. The number of hydrogen-bond donors (Lipinski definition) is 0. The predicted octanol–water partition coefficient (Wildman–Crippen LogP) is 4.36. The lowest BCUT2D eigenvalue weighted by atomic mass is 9.98. The molecule has 1 unspecified atom stereocenters. The van der Waals surface area contributed by atoms with Crippen molar-refractivity contribution in [3.8, 4) is 0 Å².